The van der Waals surface area contributed by atoms with E-state index in [4.69, 9.17) is 5.26 Å². The molecular weight excluding hydrogens is 212 g/mol. The fourth-order valence-electron chi connectivity index (χ4n) is 2.36. The molecule has 1 heterocycles. The molecule has 1 aromatic rings. The zero-order valence-electron chi connectivity index (χ0n) is 10.2. The van der Waals surface area contributed by atoms with Crippen LogP contribution in [0.2, 0.25) is 0 Å². The summed E-state index contributed by atoms with van der Waals surface area (Å²) >= 11 is 0. The highest BCUT2D eigenvalue weighted by molar-refractivity contribution is 5.94. The van der Waals surface area contributed by atoms with E-state index in [1.165, 1.54) is 0 Å². The second-order valence-corrected chi connectivity index (χ2v) is 4.56. The Morgan fingerprint density at radius 2 is 2.06 bits per heavy atom. The van der Waals surface area contributed by atoms with Crippen LogP contribution in [0.15, 0.2) is 24.3 Å². The monoisotopic (exact) mass is 228 g/mol. The quantitative estimate of drug-likeness (QED) is 0.731. The zero-order chi connectivity index (χ0) is 12.4. The van der Waals surface area contributed by atoms with Gasteiger partial charge in [0.1, 0.15) is 0 Å². The van der Waals surface area contributed by atoms with E-state index in [0.717, 1.165) is 24.2 Å². The number of carbonyl (C=O) groups excluding carboxylic acids is 1. The third-order valence-corrected chi connectivity index (χ3v) is 3.53. The Morgan fingerprint density at radius 3 is 2.53 bits per heavy atom. The second-order valence-electron chi connectivity index (χ2n) is 4.56. The highest BCUT2D eigenvalue weighted by atomic mass is 16.1. The van der Waals surface area contributed by atoms with Crippen molar-refractivity contribution in [3.63, 3.8) is 0 Å². The number of hydrogen-bond donors (Lipinski definition) is 0. The summed E-state index contributed by atoms with van der Waals surface area (Å²) in [4.78, 5) is 13.4. The van der Waals surface area contributed by atoms with Crippen LogP contribution in [0.3, 0.4) is 0 Å². The Bertz CT molecular complexity index is 458. The summed E-state index contributed by atoms with van der Waals surface area (Å²) in [6, 6.07) is 10.2. The molecule has 1 aromatic carbocycles. The second kappa shape index (κ2) is 4.58. The lowest BCUT2D eigenvalue weighted by molar-refractivity contribution is 0.101. The molecule has 0 bridgehead atoms. The lowest BCUT2D eigenvalue weighted by Gasteiger charge is -2.24. The van der Waals surface area contributed by atoms with Gasteiger partial charge in [-0.1, -0.05) is 0 Å². The van der Waals surface area contributed by atoms with Crippen LogP contribution in [0.25, 0.3) is 0 Å². The van der Waals surface area contributed by atoms with Crippen molar-refractivity contribution in [1.82, 2.24) is 0 Å². The van der Waals surface area contributed by atoms with E-state index < -0.39 is 0 Å². The minimum atomic E-state index is 0.0842. The maximum Gasteiger partial charge on any atom is 0.159 e. The van der Waals surface area contributed by atoms with Crippen LogP contribution in [0, 0.1) is 17.2 Å². The van der Waals surface area contributed by atoms with Crippen LogP contribution < -0.4 is 4.90 Å². The first kappa shape index (κ1) is 11.7. The number of anilines is 1. The molecule has 0 aromatic heterocycles. The van der Waals surface area contributed by atoms with Crippen molar-refractivity contribution in [2.75, 3.05) is 11.4 Å². The summed E-state index contributed by atoms with van der Waals surface area (Å²) in [7, 11) is 0. The number of rotatable bonds is 2. The molecule has 0 saturated carbocycles. The van der Waals surface area contributed by atoms with Gasteiger partial charge in [0, 0.05) is 23.8 Å². The van der Waals surface area contributed by atoms with Crippen molar-refractivity contribution < 1.29 is 4.79 Å². The molecule has 17 heavy (non-hydrogen) atoms. The Balaban J connectivity index is 2.19. The topological polar surface area (TPSA) is 44.1 Å². The molecule has 0 radical (unpaired) electrons. The number of carbonyl (C=O) groups is 1. The molecule has 1 fully saturated rings. The average Bonchev–Trinajstić information content (AvgIpc) is 2.70. The van der Waals surface area contributed by atoms with Crippen LogP contribution >= 0.6 is 0 Å². The highest BCUT2D eigenvalue weighted by Crippen LogP contribution is 2.29. The minimum Gasteiger partial charge on any atom is -0.367 e. The molecule has 1 aliphatic heterocycles. The first-order chi connectivity index (χ1) is 8.13. The van der Waals surface area contributed by atoms with Gasteiger partial charge in [-0.15, -0.1) is 0 Å². The van der Waals surface area contributed by atoms with Crippen LogP contribution in [0.5, 0.6) is 0 Å². The number of benzene rings is 1. The average molecular weight is 228 g/mol. The highest BCUT2D eigenvalue weighted by Gasteiger charge is 2.30. The third kappa shape index (κ3) is 2.16. The number of nitrogens with zero attached hydrogens (tertiary/aromatic N) is 2. The molecule has 1 aliphatic rings. The number of ketones is 1. The number of hydrogen-bond acceptors (Lipinski definition) is 3. The summed E-state index contributed by atoms with van der Waals surface area (Å²) in [5.74, 6) is 0.198. The smallest absolute Gasteiger partial charge is 0.159 e. The normalized spacial score (nSPS) is 23.5. The first-order valence-corrected chi connectivity index (χ1v) is 5.90. The van der Waals surface area contributed by atoms with Crippen LogP contribution in [-0.4, -0.2) is 18.4 Å². The van der Waals surface area contributed by atoms with Crippen molar-refractivity contribution in [1.29, 1.82) is 5.26 Å². The van der Waals surface area contributed by atoms with Crippen LogP contribution in [0.4, 0.5) is 5.69 Å². The van der Waals surface area contributed by atoms with Gasteiger partial charge in [0.2, 0.25) is 0 Å². The molecule has 2 rings (SSSR count). The van der Waals surface area contributed by atoms with Gasteiger partial charge in [0.25, 0.3) is 0 Å². The van der Waals surface area contributed by atoms with Gasteiger partial charge < -0.3 is 4.90 Å². The van der Waals surface area contributed by atoms with Crippen molar-refractivity contribution in [3.05, 3.63) is 29.8 Å². The Labute approximate surface area is 102 Å². The van der Waals surface area contributed by atoms with Gasteiger partial charge in [0.05, 0.1) is 12.0 Å². The van der Waals surface area contributed by atoms with Crippen molar-refractivity contribution in [2.24, 2.45) is 5.92 Å². The fraction of sp³-hybridized carbons (Fsp3) is 0.429. The van der Waals surface area contributed by atoms with Gasteiger partial charge in [-0.2, -0.15) is 5.26 Å². The Morgan fingerprint density at radius 1 is 1.41 bits per heavy atom. The van der Waals surface area contributed by atoms with E-state index in [9.17, 15) is 4.79 Å². The van der Waals surface area contributed by atoms with E-state index >= 15 is 0 Å². The molecule has 0 spiro atoms. The molecule has 3 heteroatoms. The van der Waals surface area contributed by atoms with Crippen molar-refractivity contribution in [3.8, 4) is 6.07 Å². The maximum absolute atomic E-state index is 11.2. The lowest BCUT2D eigenvalue weighted by atomic mass is 10.0. The number of Topliss-reactive ketones (excluding diaryl/α,β-unsaturated/α-hetero) is 1. The summed E-state index contributed by atoms with van der Waals surface area (Å²) in [5.41, 5.74) is 1.83. The van der Waals surface area contributed by atoms with Crippen LogP contribution in [-0.2, 0) is 0 Å². The van der Waals surface area contributed by atoms with Gasteiger partial charge in [0.15, 0.2) is 5.78 Å². The molecule has 0 aliphatic carbocycles. The molecule has 1 saturated heterocycles. The van der Waals surface area contributed by atoms with E-state index in [1.54, 1.807) is 6.92 Å². The standard InChI is InChI=1S/C14H16N2O/c1-10-13(9-15)7-8-16(10)14-5-3-12(4-6-14)11(2)17/h3-6,10,13H,7-8H2,1-2H3. The summed E-state index contributed by atoms with van der Waals surface area (Å²) in [6.07, 6.45) is 0.923. The van der Waals surface area contributed by atoms with Crippen molar-refractivity contribution in [2.45, 2.75) is 26.3 Å². The van der Waals surface area contributed by atoms with E-state index in [1.807, 2.05) is 24.3 Å². The molecule has 2 unspecified atom stereocenters. The molecule has 3 nitrogen and oxygen atoms in total. The minimum absolute atomic E-state index is 0.0842. The SMILES string of the molecule is CC(=O)c1ccc(N2CCC(C#N)C2C)cc1. The largest absolute Gasteiger partial charge is 0.367 e. The Hall–Kier alpha value is -1.82. The van der Waals surface area contributed by atoms with E-state index in [0.29, 0.717) is 0 Å². The van der Waals surface area contributed by atoms with E-state index in [2.05, 4.69) is 17.9 Å². The number of nitriles is 1. The predicted molar refractivity (Wildman–Crippen MR) is 67.0 cm³/mol. The Kier molecular flexibility index (Phi) is 3.14. The zero-order valence-corrected chi connectivity index (χ0v) is 10.2. The summed E-state index contributed by atoms with van der Waals surface area (Å²) in [5, 5.41) is 9.00. The van der Waals surface area contributed by atoms with Crippen molar-refractivity contribution >= 4 is 11.5 Å². The van der Waals surface area contributed by atoms with Gasteiger partial charge in [-0.3, -0.25) is 4.79 Å². The third-order valence-electron chi connectivity index (χ3n) is 3.53. The summed E-state index contributed by atoms with van der Waals surface area (Å²) in [6.45, 7) is 4.57. The molecule has 0 N–H and O–H groups in total. The maximum atomic E-state index is 11.2. The summed E-state index contributed by atoms with van der Waals surface area (Å²) < 4.78 is 0. The molecular formula is C14H16N2O. The van der Waals surface area contributed by atoms with Gasteiger partial charge in [-0.05, 0) is 44.5 Å². The molecule has 2 atom stereocenters. The van der Waals surface area contributed by atoms with Gasteiger partial charge in [-0.25, -0.2) is 0 Å². The lowest BCUT2D eigenvalue weighted by Crippen LogP contribution is -2.29. The molecule has 0 amide bonds. The fourth-order valence-corrected chi connectivity index (χ4v) is 2.36. The predicted octanol–water partition coefficient (Wildman–Crippen LogP) is 2.63. The first-order valence-electron chi connectivity index (χ1n) is 5.90. The van der Waals surface area contributed by atoms with Gasteiger partial charge >= 0.3 is 0 Å². The molecule has 88 valence electrons. The van der Waals surface area contributed by atoms with Crippen LogP contribution in [0.1, 0.15) is 30.6 Å². The van der Waals surface area contributed by atoms with E-state index in [-0.39, 0.29) is 17.7 Å².